The maximum atomic E-state index is 5.60. The van der Waals surface area contributed by atoms with E-state index in [1.54, 1.807) is 0 Å². The van der Waals surface area contributed by atoms with Crippen molar-refractivity contribution in [3.63, 3.8) is 0 Å². The van der Waals surface area contributed by atoms with E-state index in [4.69, 9.17) is 16.3 Å². The van der Waals surface area contributed by atoms with Crippen LogP contribution in [0.5, 0.6) is 0 Å². The monoisotopic (exact) mass is 146 g/mol. The predicted octanol–water partition coefficient (Wildman–Crippen LogP) is 1.87. The van der Waals surface area contributed by atoms with Gasteiger partial charge in [-0.2, -0.15) is 0 Å². The molecule has 0 radical (unpaired) electrons. The zero-order valence-electron chi connectivity index (χ0n) is 4.88. The van der Waals surface area contributed by atoms with Crippen LogP contribution in [0.4, 0.5) is 0 Å². The lowest BCUT2D eigenvalue weighted by molar-refractivity contribution is -0.0363. The molecule has 0 unspecified atom stereocenters. The van der Waals surface area contributed by atoms with Gasteiger partial charge in [0.15, 0.2) is 0 Å². The number of nitrogens with zero attached hydrogens (tertiary/aromatic N) is 2. The van der Waals surface area contributed by atoms with E-state index in [0.717, 1.165) is 12.8 Å². The number of hydrogen-bond donors (Lipinski definition) is 0. The molecule has 1 heterocycles. The normalized spacial score (nSPS) is 29.9. The van der Waals surface area contributed by atoms with E-state index in [9.17, 15) is 0 Å². The fourth-order valence-corrected chi connectivity index (χ4v) is 0.951. The Morgan fingerprint density at radius 2 is 2.11 bits per heavy atom. The zero-order chi connectivity index (χ0) is 6.32. The van der Waals surface area contributed by atoms with Crippen LogP contribution in [0.15, 0.2) is 10.2 Å². The molecule has 2 rings (SSSR count). The summed E-state index contributed by atoms with van der Waals surface area (Å²) in [5, 5.41) is 6.10. The van der Waals surface area contributed by atoms with Gasteiger partial charge in [-0.05, 0) is 30.9 Å². The van der Waals surface area contributed by atoms with Crippen LogP contribution in [0.2, 0.25) is 0 Å². The van der Waals surface area contributed by atoms with Crippen molar-refractivity contribution in [2.24, 2.45) is 10.2 Å². The molecule has 0 aromatic rings. The van der Waals surface area contributed by atoms with Crippen molar-refractivity contribution in [2.75, 3.05) is 0 Å². The number of alkyl halides is 1. The van der Waals surface area contributed by atoms with Gasteiger partial charge in [-0.3, -0.25) is 0 Å². The van der Waals surface area contributed by atoms with Crippen molar-refractivity contribution in [3.8, 4) is 0 Å². The molecule has 1 saturated carbocycles. The summed E-state index contributed by atoms with van der Waals surface area (Å²) in [6, 6.07) is 0. The fourth-order valence-electron chi connectivity index (χ4n) is 0.787. The molecule has 50 valence electrons. The van der Waals surface area contributed by atoms with Crippen LogP contribution >= 0.6 is 11.6 Å². The molecule has 1 fully saturated rings. The Kier molecular flexibility index (Phi) is 1.04. The van der Waals surface area contributed by atoms with Crippen LogP contribution in [-0.4, -0.2) is 11.4 Å². The third-order valence-corrected chi connectivity index (χ3v) is 1.87. The Bertz CT molecular complexity index is 149. The van der Waals surface area contributed by atoms with Crippen molar-refractivity contribution in [2.45, 2.75) is 30.7 Å². The first-order chi connectivity index (χ1) is 4.29. The Morgan fingerprint density at radius 1 is 1.44 bits per heavy atom. The van der Waals surface area contributed by atoms with Crippen LogP contribution in [0.1, 0.15) is 19.3 Å². The molecule has 4 heteroatoms. The van der Waals surface area contributed by atoms with Gasteiger partial charge >= 0.3 is 5.31 Å². The second kappa shape index (κ2) is 1.67. The Hall–Kier alpha value is -0.150. The molecule has 3 nitrogen and oxygen atoms in total. The molecule has 2 aliphatic rings. The van der Waals surface area contributed by atoms with Crippen LogP contribution in [-0.2, 0) is 4.74 Å². The highest BCUT2D eigenvalue weighted by molar-refractivity contribution is 6.23. The van der Waals surface area contributed by atoms with Gasteiger partial charge in [0.05, 0.1) is 6.10 Å². The van der Waals surface area contributed by atoms with Gasteiger partial charge < -0.3 is 4.74 Å². The summed E-state index contributed by atoms with van der Waals surface area (Å²) in [7, 11) is 0. The average Bonchev–Trinajstić information content (AvgIpc) is 2.39. The number of halogens is 1. The second-order valence-electron chi connectivity index (χ2n) is 2.40. The van der Waals surface area contributed by atoms with Crippen molar-refractivity contribution >= 4 is 11.6 Å². The summed E-state index contributed by atoms with van der Waals surface area (Å²) in [6.07, 6.45) is 3.79. The number of ether oxygens (including phenoxy) is 1. The van der Waals surface area contributed by atoms with Crippen LogP contribution < -0.4 is 0 Å². The molecule has 9 heavy (non-hydrogen) atoms. The van der Waals surface area contributed by atoms with Gasteiger partial charge in [0.25, 0.3) is 0 Å². The largest absolute Gasteiger partial charge is 0.375 e. The molecule has 1 aliphatic heterocycles. The van der Waals surface area contributed by atoms with Gasteiger partial charge in [0.1, 0.15) is 0 Å². The predicted molar refractivity (Wildman–Crippen MR) is 32.2 cm³/mol. The maximum absolute atomic E-state index is 5.60. The lowest BCUT2D eigenvalue weighted by atomic mass is 9.96. The topological polar surface area (TPSA) is 34.0 Å². The van der Waals surface area contributed by atoms with E-state index in [1.807, 2.05) is 0 Å². The number of rotatable bonds is 2. The molecule has 0 bridgehead atoms. The van der Waals surface area contributed by atoms with E-state index < -0.39 is 5.31 Å². The summed E-state index contributed by atoms with van der Waals surface area (Å²) in [5.41, 5.74) is 0. The third-order valence-electron chi connectivity index (χ3n) is 1.63. The molecule has 0 atom stereocenters. The molecule has 0 saturated heterocycles. The first kappa shape index (κ1) is 5.62. The zero-order valence-corrected chi connectivity index (χ0v) is 5.64. The van der Waals surface area contributed by atoms with E-state index in [2.05, 4.69) is 10.2 Å². The van der Waals surface area contributed by atoms with E-state index >= 15 is 0 Å². The standard InChI is InChI=1S/C5H7ClN2O/c6-5(7-8-5)9-4-2-1-3-4/h4H,1-3H2. The highest BCUT2D eigenvalue weighted by Gasteiger charge is 2.42. The summed E-state index contributed by atoms with van der Waals surface area (Å²) in [5.74, 6) is 0. The summed E-state index contributed by atoms with van der Waals surface area (Å²) >= 11 is 5.60. The average molecular weight is 147 g/mol. The Balaban J connectivity index is 1.77. The first-order valence-electron chi connectivity index (χ1n) is 3.09. The Labute approximate surface area is 58.1 Å². The van der Waals surface area contributed by atoms with Crippen molar-refractivity contribution in [1.82, 2.24) is 0 Å². The molecule has 0 aromatic heterocycles. The SMILES string of the molecule is ClC1(OC2CCC2)N=N1. The van der Waals surface area contributed by atoms with Gasteiger partial charge in [-0.15, -0.1) is 10.2 Å². The van der Waals surface area contributed by atoms with Crippen LogP contribution in [0, 0.1) is 0 Å². The minimum absolute atomic E-state index is 0.317. The fraction of sp³-hybridized carbons (Fsp3) is 1.00. The summed E-state index contributed by atoms with van der Waals surface area (Å²) in [4.78, 5) is 0. The smallest absolute Gasteiger partial charge is 0.317 e. The van der Waals surface area contributed by atoms with Crippen LogP contribution in [0.3, 0.4) is 0 Å². The minimum Gasteiger partial charge on any atom is -0.317 e. The minimum atomic E-state index is -0.953. The summed E-state index contributed by atoms with van der Waals surface area (Å²) in [6.45, 7) is 0. The van der Waals surface area contributed by atoms with E-state index in [0.29, 0.717) is 6.10 Å². The molecular formula is C5H7ClN2O. The first-order valence-corrected chi connectivity index (χ1v) is 3.47. The lowest BCUT2D eigenvalue weighted by Crippen LogP contribution is -2.26. The van der Waals surface area contributed by atoms with Gasteiger partial charge in [-0.1, -0.05) is 0 Å². The van der Waals surface area contributed by atoms with Crippen LogP contribution in [0.25, 0.3) is 0 Å². The van der Waals surface area contributed by atoms with E-state index in [-0.39, 0.29) is 0 Å². The molecule has 0 amide bonds. The molecular weight excluding hydrogens is 140 g/mol. The van der Waals surface area contributed by atoms with Gasteiger partial charge in [0, 0.05) is 0 Å². The maximum Gasteiger partial charge on any atom is 0.375 e. The highest BCUT2D eigenvalue weighted by Crippen LogP contribution is 2.39. The van der Waals surface area contributed by atoms with Gasteiger partial charge in [-0.25, -0.2) is 0 Å². The molecule has 0 N–H and O–H groups in total. The quantitative estimate of drug-likeness (QED) is 0.433. The molecule has 1 aliphatic carbocycles. The van der Waals surface area contributed by atoms with Crippen molar-refractivity contribution in [3.05, 3.63) is 0 Å². The number of hydrogen-bond acceptors (Lipinski definition) is 3. The van der Waals surface area contributed by atoms with E-state index in [1.165, 1.54) is 6.42 Å². The molecule has 0 aromatic carbocycles. The second-order valence-corrected chi connectivity index (χ2v) is 2.89. The Morgan fingerprint density at radius 3 is 2.44 bits per heavy atom. The van der Waals surface area contributed by atoms with Gasteiger partial charge in [0.2, 0.25) is 0 Å². The van der Waals surface area contributed by atoms with Crippen molar-refractivity contribution in [1.29, 1.82) is 0 Å². The highest BCUT2D eigenvalue weighted by atomic mass is 35.5. The third kappa shape index (κ3) is 1.07. The molecule has 0 spiro atoms. The summed E-state index contributed by atoms with van der Waals surface area (Å²) < 4.78 is 5.22. The van der Waals surface area contributed by atoms with Crippen molar-refractivity contribution < 1.29 is 4.74 Å². The lowest BCUT2D eigenvalue weighted by Gasteiger charge is -2.25.